The first-order valence-corrected chi connectivity index (χ1v) is 4.19. The molecule has 1 aliphatic rings. The van der Waals surface area contributed by atoms with E-state index in [9.17, 15) is 4.39 Å². The number of alkyl halides is 1. The molecule has 2 atom stereocenters. The molecule has 0 spiro atoms. The summed E-state index contributed by atoms with van der Waals surface area (Å²) in [4.78, 5) is 0. The second-order valence-corrected chi connectivity index (χ2v) is 3.40. The van der Waals surface area contributed by atoms with Gasteiger partial charge in [0.1, 0.15) is 6.17 Å². The van der Waals surface area contributed by atoms with Gasteiger partial charge in [0.2, 0.25) is 0 Å². The van der Waals surface area contributed by atoms with Crippen molar-refractivity contribution in [2.45, 2.75) is 18.0 Å². The molecule has 0 amide bonds. The number of halogens is 1. The van der Waals surface area contributed by atoms with Gasteiger partial charge in [-0.25, -0.2) is 4.39 Å². The third-order valence-electron chi connectivity index (χ3n) is 2.70. The van der Waals surface area contributed by atoms with Crippen molar-refractivity contribution in [3.05, 3.63) is 35.9 Å². The Morgan fingerprint density at radius 2 is 2.00 bits per heavy atom. The zero-order valence-corrected chi connectivity index (χ0v) is 6.83. The van der Waals surface area contributed by atoms with Crippen molar-refractivity contribution < 1.29 is 4.39 Å². The molecule has 1 aromatic carbocycles. The highest BCUT2D eigenvalue weighted by Gasteiger charge is 2.55. The van der Waals surface area contributed by atoms with E-state index in [1.54, 1.807) is 0 Å². The maximum Gasteiger partial charge on any atom is 0.112 e. The van der Waals surface area contributed by atoms with Gasteiger partial charge in [-0.3, -0.25) is 0 Å². The summed E-state index contributed by atoms with van der Waals surface area (Å²) in [7, 11) is 0. The lowest BCUT2D eigenvalue weighted by molar-refractivity contribution is 0.423. The Morgan fingerprint density at radius 1 is 1.42 bits per heavy atom. The Hall–Kier alpha value is -0.890. The predicted octanol–water partition coefficient (Wildman–Crippen LogP) is 1.62. The monoisotopic (exact) mass is 165 g/mol. The highest BCUT2D eigenvalue weighted by Crippen LogP contribution is 2.49. The molecule has 64 valence electrons. The molecule has 1 saturated carbocycles. The molecule has 12 heavy (non-hydrogen) atoms. The van der Waals surface area contributed by atoms with Crippen molar-refractivity contribution in [3.63, 3.8) is 0 Å². The maximum atomic E-state index is 13.0. The lowest BCUT2D eigenvalue weighted by atomic mass is 9.96. The molecule has 0 aliphatic heterocycles. The van der Waals surface area contributed by atoms with E-state index >= 15 is 0 Å². The van der Waals surface area contributed by atoms with Gasteiger partial charge in [-0.15, -0.1) is 0 Å². The van der Waals surface area contributed by atoms with Crippen LogP contribution in [-0.2, 0) is 5.41 Å². The molecule has 2 N–H and O–H groups in total. The lowest BCUT2D eigenvalue weighted by Gasteiger charge is -2.11. The Kier molecular flexibility index (Phi) is 1.65. The molecule has 0 bridgehead atoms. The van der Waals surface area contributed by atoms with Crippen LogP contribution in [0.25, 0.3) is 0 Å². The van der Waals surface area contributed by atoms with Gasteiger partial charge in [-0.1, -0.05) is 30.3 Å². The normalized spacial score (nSPS) is 33.3. The van der Waals surface area contributed by atoms with Gasteiger partial charge in [0.25, 0.3) is 0 Å². The second-order valence-electron chi connectivity index (χ2n) is 3.40. The second kappa shape index (κ2) is 2.56. The van der Waals surface area contributed by atoms with Gasteiger partial charge >= 0.3 is 0 Å². The molecule has 1 nitrogen and oxygen atoms in total. The number of rotatable bonds is 2. The van der Waals surface area contributed by atoms with Crippen LogP contribution in [0.3, 0.4) is 0 Å². The minimum Gasteiger partial charge on any atom is -0.329 e. The first-order chi connectivity index (χ1) is 5.79. The fourth-order valence-corrected chi connectivity index (χ4v) is 1.66. The van der Waals surface area contributed by atoms with Gasteiger partial charge < -0.3 is 5.73 Å². The SMILES string of the molecule is NC[C@]1(c2ccccc2)C[C@@H]1F. The largest absolute Gasteiger partial charge is 0.329 e. The lowest BCUT2D eigenvalue weighted by Crippen LogP contribution is -2.22. The van der Waals surface area contributed by atoms with Crippen molar-refractivity contribution in [2.24, 2.45) is 5.73 Å². The van der Waals surface area contributed by atoms with Crippen molar-refractivity contribution in [1.82, 2.24) is 0 Å². The summed E-state index contributed by atoms with van der Waals surface area (Å²) in [6.07, 6.45) is -0.141. The van der Waals surface area contributed by atoms with E-state index in [1.165, 1.54) is 0 Å². The zero-order valence-electron chi connectivity index (χ0n) is 6.83. The molecule has 0 radical (unpaired) electrons. The zero-order chi connectivity index (χ0) is 8.60. The van der Waals surface area contributed by atoms with Gasteiger partial charge in [0, 0.05) is 12.0 Å². The summed E-state index contributed by atoms with van der Waals surface area (Å²) in [6.45, 7) is 0.415. The molecule has 1 fully saturated rings. The molecular weight excluding hydrogens is 153 g/mol. The molecule has 2 rings (SSSR count). The first-order valence-electron chi connectivity index (χ1n) is 4.19. The quantitative estimate of drug-likeness (QED) is 0.708. The molecule has 0 unspecified atom stereocenters. The Bertz CT molecular complexity index is 268. The number of hydrogen-bond acceptors (Lipinski definition) is 1. The summed E-state index contributed by atoms with van der Waals surface area (Å²) in [5.74, 6) is 0. The molecule has 0 aromatic heterocycles. The fraction of sp³-hybridized carbons (Fsp3) is 0.400. The van der Waals surface area contributed by atoms with E-state index in [0.29, 0.717) is 13.0 Å². The van der Waals surface area contributed by atoms with Crippen LogP contribution >= 0.6 is 0 Å². The average Bonchev–Trinajstić information content (AvgIpc) is 2.80. The van der Waals surface area contributed by atoms with Crippen LogP contribution < -0.4 is 5.73 Å². The molecule has 1 aliphatic carbocycles. The summed E-state index contributed by atoms with van der Waals surface area (Å²) < 4.78 is 13.0. The number of benzene rings is 1. The van der Waals surface area contributed by atoms with Crippen LogP contribution in [0.5, 0.6) is 0 Å². The molecule has 2 heteroatoms. The summed E-state index contributed by atoms with van der Waals surface area (Å²) in [5, 5.41) is 0. The highest BCUT2D eigenvalue weighted by atomic mass is 19.1. The van der Waals surface area contributed by atoms with Crippen LogP contribution in [0.2, 0.25) is 0 Å². The third-order valence-corrected chi connectivity index (χ3v) is 2.70. The van der Waals surface area contributed by atoms with E-state index in [2.05, 4.69) is 0 Å². The molecular formula is C10H12FN. The highest BCUT2D eigenvalue weighted by molar-refractivity contribution is 5.35. The van der Waals surface area contributed by atoms with Crippen LogP contribution in [0.4, 0.5) is 4.39 Å². The van der Waals surface area contributed by atoms with Crippen molar-refractivity contribution in [3.8, 4) is 0 Å². The van der Waals surface area contributed by atoms with Crippen LogP contribution in [0.15, 0.2) is 30.3 Å². The minimum absolute atomic E-state index is 0.346. The predicted molar refractivity (Wildman–Crippen MR) is 46.7 cm³/mol. The minimum atomic E-state index is -0.732. The maximum absolute atomic E-state index is 13.0. The van der Waals surface area contributed by atoms with Crippen molar-refractivity contribution in [1.29, 1.82) is 0 Å². The molecule has 1 aromatic rings. The van der Waals surface area contributed by atoms with Crippen molar-refractivity contribution in [2.75, 3.05) is 6.54 Å². The van der Waals surface area contributed by atoms with Crippen molar-refractivity contribution >= 4 is 0 Å². The van der Waals surface area contributed by atoms with E-state index < -0.39 is 6.17 Å². The number of hydrogen-bond donors (Lipinski definition) is 1. The van der Waals surface area contributed by atoms with Gasteiger partial charge in [-0.05, 0) is 12.0 Å². The van der Waals surface area contributed by atoms with E-state index in [-0.39, 0.29) is 5.41 Å². The Balaban J connectivity index is 2.31. The van der Waals surface area contributed by atoms with E-state index in [1.807, 2.05) is 30.3 Å². The average molecular weight is 165 g/mol. The van der Waals surface area contributed by atoms with E-state index in [4.69, 9.17) is 5.73 Å². The topological polar surface area (TPSA) is 26.0 Å². The van der Waals surface area contributed by atoms with Gasteiger partial charge in [0.15, 0.2) is 0 Å². The van der Waals surface area contributed by atoms with E-state index in [0.717, 1.165) is 5.56 Å². The third kappa shape index (κ3) is 0.950. The molecule has 0 heterocycles. The summed E-state index contributed by atoms with van der Waals surface area (Å²) >= 11 is 0. The number of nitrogens with two attached hydrogens (primary N) is 1. The summed E-state index contributed by atoms with van der Waals surface area (Å²) in [6, 6.07) is 9.69. The standard InChI is InChI=1S/C10H12FN/c11-9-6-10(9,7-12)8-4-2-1-3-5-8/h1-5,9H,6-7,12H2/t9-,10-/m0/s1. The molecule has 0 saturated heterocycles. The van der Waals surface area contributed by atoms with Crippen LogP contribution in [0, 0.1) is 0 Å². The van der Waals surface area contributed by atoms with Gasteiger partial charge in [-0.2, -0.15) is 0 Å². The first kappa shape index (κ1) is 7.74. The van der Waals surface area contributed by atoms with Crippen LogP contribution in [-0.4, -0.2) is 12.7 Å². The van der Waals surface area contributed by atoms with Crippen LogP contribution in [0.1, 0.15) is 12.0 Å². The summed E-state index contributed by atoms with van der Waals surface area (Å²) in [5.41, 5.74) is 6.25. The Morgan fingerprint density at radius 3 is 2.42 bits per heavy atom. The van der Waals surface area contributed by atoms with Gasteiger partial charge in [0.05, 0.1) is 0 Å². The Labute approximate surface area is 71.4 Å². The smallest absolute Gasteiger partial charge is 0.112 e. The fourth-order valence-electron chi connectivity index (χ4n) is 1.66.